The second-order valence-electron chi connectivity index (χ2n) is 6.98. The van der Waals surface area contributed by atoms with E-state index < -0.39 is 0 Å². The van der Waals surface area contributed by atoms with Crippen molar-refractivity contribution in [3.8, 4) is 11.4 Å². The molecule has 4 aromatic rings. The molecule has 0 saturated heterocycles. The minimum absolute atomic E-state index is 0.0127. The number of nitrogens with zero attached hydrogens (tertiary/aromatic N) is 4. The number of H-pyrrole nitrogens is 1. The van der Waals surface area contributed by atoms with Gasteiger partial charge in [-0.05, 0) is 36.8 Å². The summed E-state index contributed by atoms with van der Waals surface area (Å²) < 4.78 is 4.01. The number of hydrogen-bond acceptors (Lipinski definition) is 3. The summed E-state index contributed by atoms with van der Waals surface area (Å²) in [6.07, 6.45) is 1.92. The van der Waals surface area contributed by atoms with Crippen molar-refractivity contribution in [3.63, 3.8) is 0 Å². The maximum absolute atomic E-state index is 12.8. The van der Waals surface area contributed by atoms with Gasteiger partial charge >= 0.3 is 0 Å². The number of nitrogens with one attached hydrogen (secondary N) is 1. The molecule has 0 radical (unpaired) electrons. The number of rotatable bonds is 5. The van der Waals surface area contributed by atoms with Crippen molar-refractivity contribution in [1.82, 2.24) is 19.3 Å². The topological polar surface area (TPSA) is 68.0 Å². The van der Waals surface area contributed by atoms with Crippen molar-refractivity contribution < 1.29 is 4.79 Å². The Morgan fingerprint density at radius 3 is 2.53 bits per heavy atom. The molecule has 0 atom stereocenters. The predicted molar refractivity (Wildman–Crippen MR) is 118 cm³/mol. The van der Waals surface area contributed by atoms with Gasteiger partial charge in [0.1, 0.15) is 12.0 Å². The second-order valence-corrected chi connectivity index (χ2v) is 7.37. The molecule has 0 saturated carbocycles. The van der Waals surface area contributed by atoms with Gasteiger partial charge in [0.25, 0.3) is 5.91 Å². The van der Waals surface area contributed by atoms with Gasteiger partial charge < -0.3 is 4.57 Å². The molecule has 0 spiro atoms. The van der Waals surface area contributed by atoms with E-state index >= 15 is 0 Å². The fraction of sp³-hybridized carbons (Fsp3) is 0.130. The number of carbonyl (C=O) groups excluding carboxylic acids is 1. The molecular formula is C23H21N5OS. The molecule has 0 fully saturated rings. The summed E-state index contributed by atoms with van der Waals surface area (Å²) in [5.74, 6) is 0.322. The number of pyridine rings is 1. The molecule has 0 aliphatic rings. The van der Waals surface area contributed by atoms with E-state index in [2.05, 4.69) is 15.2 Å². The Bertz CT molecular complexity index is 1280. The van der Waals surface area contributed by atoms with Crippen LogP contribution in [0.2, 0.25) is 0 Å². The lowest BCUT2D eigenvalue weighted by Gasteiger charge is -2.08. The maximum Gasteiger partial charge on any atom is 0.267 e. The van der Waals surface area contributed by atoms with Gasteiger partial charge in [-0.25, -0.2) is 0 Å². The number of aromatic nitrogens is 4. The second kappa shape index (κ2) is 8.84. The highest BCUT2D eigenvalue weighted by atomic mass is 32.1. The Labute approximate surface area is 179 Å². The van der Waals surface area contributed by atoms with Crippen LogP contribution in [0.4, 0.5) is 0 Å². The maximum atomic E-state index is 12.8. The largest absolute Gasteiger partial charge is 0.328 e. The Kier molecular flexibility index (Phi) is 5.81. The van der Waals surface area contributed by atoms with Crippen LogP contribution < -0.4 is 5.49 Å². The van der Waals surface area contributed by atoms with Crippen molar-refractivity contribution in [3.05, 3.63) is 100 Å². The summed E-state index contributed by atoms with van der Waals surface area (Å²) in [5.41, 5.74) is 3.77. The minimum Gasteiger partial charge on any atom is -0.328 e. The van der Waals surface area contributed by atoms with Crippen LogP contribution in [0.5, 0.6) is 0 Å². The van der Waals surface area contributed by atoms with Gasteiger partial charge in [-0.3, -0.25) is 14.5 Å². The van der Waals surface area contributed by atoms with E-state index in [0.717, 1.165) is 16.7 Å². The summed E-state index contributed by atoms with van der Waals surface area (Å²) in [4.78, 5) is 17.1. The van der Waals surface area contributed by atoms with Crippen molar-refractivity contribution in [2.75, 3.05) is 0 Å². The zero-order valence-electron chi connectivity index (χ0n) is 16.5. The van der Waals surface area contributed by atoms with Crippen LogP contribution >= 0.6 is 12.2 Å². The monoisotopic (exact) mass is 415 g/mol. The third-order valence-electron chi connectivity index (χ3n) is 4.71. The lowest BCUT2D eigenvalue weighted by Crippen LogP contribution is -2.23. The number of hydrogen-bond donors (Lipinski definition) is 1. The average Bonchev–Trinajstić information content (AvgIpc) is 3.11. The van der Waals surface area contributed by atoms with E-state index in [1.54, 1.807) is 4.57 Å². The highest BCUT2D eigenvalue weighted by Crippen LogP contribution is 2.18. The normalized spacial score (nSPS) is 11.6. The standard InChI is InChI=1S/C23H21N5OS/c1-17-10-12-19(13-11-17)22-25-26-23(30)28(22)16-21(29)24-20-9-5-6-14-27(20)15-18-7-3-2-4-8-18/h2-14H,15-16H2,1H3,(H,26,30). The number of amides is 1. The first-order chi connectivity index (χ1) is 14.6. The zero-order valence-corrected chi connectivity index (χ0v) is 17.3. The van der Waals surface area contributed by atoms with Crippen LogP contribution in [0.3, 0.4) is 0 Å². The molecule has 6 nitrogen and oxygen atoms in total. The van der Waals surface area contributed by atoms with Gasteiger partial charge in [0.05, 0.1) is 0 Å². The number of aromatic amines is 1. The van der Waals surface area contributed by atoms with E-state index in [4.69, 9.17) is 12.2 Å². The van der Waals surface area contributed by atoms with Crippen LogP contribution in [-0.2, 0) is 17.9 Å². The third kappa shape index (κ3) is 4.52. The van der Waals surface area contributed by atoms with Gasteiger partial charge in [-0.1, -0.05) is 66.2 Å². The Morgan fingerprint density at radius 2 is 1.77 bits per heavy atom. The van der Waals surface area contributed by atoms with Crippen LogP contribution in [0, 0.1) is 11.7 Å². The molecule has 30 heavy (non-hydrogen) atoms. The lowest BCUT2D eigenvalue weighted by atomic mass is 10.1. The molecule has 0 aliphatic carbocycles. The molecule has 7 heteroatoms. The average molecular weight is 416 g/mol. The molecule has 1 amide bonds. The van der Waals surface area contributed by atoms with Crippen LogP contribution in [0.15, 0.2) is 84.0 Å². The highest BCUT2D eigenvalue weighted by molar-refractivity contribution is 7.71. The molecular weight excluding hydrogens is 394 g/mol. The summed E-state index contributed by atoms with van der Waals surface area (Å²) in [6, 6.07) is 23.6. The molecule has 0 aliphatic heterocycles. The summed E-state index contributed by atoms with van der Waals surface area (Å²) in [7, 11) is 0. The molecule has 2 aromatic heterocycles. The summed E-state index contributed by atoms with van der Waals surface area (Å²) >= 11 is 5.34. The molecule has 1 N–H and O–H groups in total. The lowest BCUT2D eigenvalue weighted by molar-refractivity contribution is -0.118. The Balaban J connectivity index is 1.62. The van der Waals surface area contributed by atoms with Crippen LogP contribution in [-0.4, -0.2) is 25.2 Å². The quantitative estimate of drug-likeness (QED) is 0.503. The molecule has 2 heterocycles. The predicted octanol–water partition coefficient (Wildman–Crippen LogP) is 3.89. The minimum atomic E-state index is -0.297. The van der Waals surface area contributed by atoms with Gasteiger partial charge in [0.2, 0.25) is 0 Å². The van der Waals surface area contributed by atoms with Crippen molar-refractivity contribution in [2.45, 2.75) is 20.0 Å². The first-order valence-corrected chi connectivity index (χ1v) is 10.0. The van der Waals surface area contributed by atoms with E-state index in [0.29, 0.717) is 22.6 Å². The Hall–Kier alpha value is -3.58. The molecule has 4 rings (SSSR count). The Morgan fingerprint density at radius 1 is 1.03 bits per heavy atom. The van der Waals surface area contributed by atoms with Crippen LogP contribution in [0.1, 0.15) is 11.1 Å². The van der Waals surface area contributed by atoms with Crippen molar-refractivity contribution >= 4 is 18.1 Å². The van der Waals surface area contributed by atoms with E-state index in [1.165, 1.54) is 0 Å². The fourth-order valence-corrected chi connectivity index (χ4v) is 3.37. The van der Waals surface area contributed by atoms with Crippen molar-refractivity contribution in [2.24, 2.45) is 4.99 Å². The molecule has 150 valence electrons. The molecule has 0 unspecified atom stereocenters. The summed E-state index contributed by atoms with van der Waals surface area (Å²) in [5, 5.41) is 7.08. The zero-order chi connectivity index (χ0) is 20.9. The SMILES string of the molecule is Cc1ccc(-c2n[nH]c(=S)n2CC(=O)N=c2ccccn2Cc2ccccc2)cc1. The number of benzene rings is 2. The third-order valence-corrected chi connectivity index (χ3v) is 5.02. The first-order valence-electron chi connectivity index (χ1n) is 9.59. The van der Waals surface area contributed by atoms with Gasteiger partial charge in [0.15, 0.2) is 10.6 Å². The number of carbonyl (C=O) groups is 1. The number of aryl methyl sites for hydroxylation is 1. The van der Waals surface area contributed by atoms with Crippen molar-refractivity contribution in [1.29, 1.82) is 0 Å². The summed E-state index contributed by atoms with van der Waals surface area (Å²) in [6.45, 7) is 2.67. The first kappa shape index (κ1) is 19.7. The smallest absolute Gasteiger partial charge is 0.267 e. The molecule has 2 aromatic carbocycles. The fourth-order valence-electron chi connectivity index (χ4n) is 3.17. The van der Waals surface area contributed by atoms with E-state index in [9.17, 15) is 4.79 Å². The van der Waals surface area contributed by atoms with E-state index in [1.807, 2.05) is 90.5 Å². The van der Waals surface area contributed by atoms with Gasteiger partial charge in [-0.2, -0.15) is 10.1 Å². The van der Waals surface area contributed by atoms with Gasteiger partial charge in [0, 0.05) is 18.3 Å². The van der Waals surface area contributed by atoms with E-state index in [-0.39, 0.29) is 12.5 Å². The highest BCUT2D eigenvalue weighted by Gasteiger charge is 2.12. The van der Waals surface area contributed by atoms with Crippen LogP contribution in [0.25, 0.3) is 11.4 Å². The van der Waals surface area contributed by atoms with Gasteiger partial charge in [-0.15, -0.1) is 0 Å². The molecule has 0 bridgehead atoms.